The van der Waals surface area contributed by atoms with Crippen molar-refractivity contribution in [3.05, 3.63) is 0 Å². The first kappa shape index (κ1) is 26.9. The highest BCUT2D eigenvalue weighted by atomic mass is 17.2. The predicted molar refractivity (Wildman–Crippen MR) is 110 cm³/mol. The lowest BCUT2D eigenvalue weighted by molar-refractivity contribution is -0.349. The van der Waals surface area contributed by atoms with Gasteiger partial charge in [-0.1, -0.05) is 97.3 Å². The molecule has 0 amide bonds. The third kappa shape index (κ3) is 12.3. The average Bonchev–Trinajstić information content (AvgIpc) is 2.66. The number of rotatable bonds is 21. The Morgan fingerprint density at radius 3 is 1.46 bits per heavy atom. The molecule has 0 bridgehead atoms. The largest absolute Gasteiger partial charge is 0.479 e. The molecule has 0 spiro atoms. The molecule has 0 saturated heterocycles. The molecule has 0 aliphatic heterocycles. The number of hydrogen-bond acceptors (Lipinski definition) is 4. The minimum absolute atomic E-state index is 0.0805. The van der Waals surface area contributed by atoms with Crippen LogP contribution in [0.15, 0.2) is 0 Å². The van der Waals surface area contributed by atoms with Crippen LogP contribution in [0.2, 0.25) is 0 Å². The van der Waals surface area contributed by atoms with Crippen molar-refractivity contribution in [2.45, 2.75) is 122 Å². The number of carbonyl (C=O) groups is 2. The molecule has 6 nitrogen and oxygen atoms in total. The first-order valence-corrected chi connectivity index (χ1v) is 11.3. The summed E-state index contributed by atoms with van der Waals surface area (Å²) < 4.78 is 0. The molecule has 0 saturated carbocycles. The zero-order valence-electron chi connectivity index (χ0n) is 18.0. The second-order valence-electron chi connectivity index (χ2n) is 7.69. The summed E-state index contributed by atoms with van der Waals surface area (Å²) in [6, 6.07) is 0. The van der Waals surface area contributed by atoms with Gasteiger partial charge in [-0.25, -0.2) is 19.4 Å². The Hall–Kier alpha value is -1.14. The van der Waals surface area contributed by atoms with E-state index < -0.39 is 17.5 Å². The SMILES string of the molecule is CCCCCCCCCCOOC(CCCCCCCCC)(C(=O)O)C(=O)O. The van der Waals surface area contributed by atoms with Crippen molar-refractivity contribution in [1.29, 1.82) is 0 Å². The van der Waals surface area contributed by atoms with Gasteiger partial charge in [-0.05, 0) is 12.8 Å². The van der Waals surface area contributed by atoms with Gasteiger partial charge in [0, 0.05) is 6.42 Å². The molecule has 0 atom stereocenters. The first-order valence-electron chi connectivity index (χ1n) is 11.3. The van der Waals surface area contributed by atoms with Crippen molar-refractivity contribution in [2.75, 3.05) is 6.61 Å². The molecule has 0 aliphatic carbocycles. The van der Waals surface area contributed by atoms with Gasteiger partial charge in [-0.15, -0.1) is 0 Å². The lowest BCUT2D eigenvalue weighted by atomic mass is 9.95. The topological polar surface area (TPSA) is 93.1 Å². The molecule has 0 radical (unpaired) electrons. The molecule has 28 heavy (non-hydrogen) atoms. The number of aliphatic carboxylic acids is 2. The molecular weight excluding hydrogens is 360 g/mol. The molecule has 2 N–H and O–H groups in total. The minimum atomic E-state index is -2.30. The molecule has 0 heterocycles. The van der Waals surface area contributed by atoms with Gasteiger partial charge in [0.05, 0.1) is 6.61 Å². The van der Waals surface area contributed by atoms with E-state index in [0.29, 0.717) is 6.42 Å². The number of carboxylic acid groups (broad SMARTS) is 2. The van der Waals surface area contributed by atoms with E-state index in [4.69, 9.17) is 9.78 Å². The van der Waals surface area contributed by atoms with Crippen LogP contribution in [-0.2, 0) is 19.4 Å². The van der Waals surface area contributed by atoms with Crippen molar-refractivity contribution in [1.82, 2.24) is 0 Å². The lowest BCUT2D eigenvalue weighted by Gasteiger charge is -2.23. The normalized spacial score (nSPS) is 11.6. The molecule has 0 aromatic carbocycles. The third-order valence-electron chi connectivity index (χ3n) is 5.11. The van der Waals surface area contributed by atoms with Gasteiger partial charge in [-0.2, -0.15) is 0 Å². The fraction of sp³-hybridized carbons (Fsp3) is 0.909. The lowest BCUT2D eigenvalue weighted by Crippen LogP contribution is -2.49. The van der Waals surface area contributed by atoms with Crippen LogP contribution in [-0.4, -0.2) is 34.4 Å². The Balaban J connectivity index is 4.08. The van der Waals surface area contributed by atoms with Gasteiger partial charge in [0.25, 0.3) is 5.60 Å². The summed E-state index contributed by atoms with van der Waals surface area (Å²) >= 11 is 0. The minimum Gasteiger partial charge on any atom is -0.479 e. The van der Waals surface area contributed by atoms with Crippen LogP contribution in [0.25, 0.3) is 0 Å². The summed E-state index contributed by atoms with van der Waals surface area (Å²) in [7, 11) is 0. The fourth-order valence-corrected chi connectivity index (χ4v) is 3.19. The number of hydrogen-bond donors (Lipinski definition) is 2. The zero-order valence-corrected chi connectivity index (χ0v) is 18.0. The Bertz CT molecular complexity index is 382. The van der Waals surface area contributed by atoms with Crippen molar-refractivity contribution in [2.24, 2.45) is 0 Å². The van der Waals surface area contributed by atoms with Crippen LogP contribution in [0.1, 0.15) is 117 Å². The van der Waals surface area contributed by atoms with Gasteiger partial charge in [0.2, 0.25) is 0 Å². The molecular formula is C22H42O6. The molecule has 0 unspecified atom stereocenters. The van der Waals surface area contributed by atoms with Gasteiger partial charge in [-0.3, -0.25) is 0 Å². The van der Waals surface area contributed by atoms with Crippen molar-refractivity contribution >= 4 is 11.9 Å². The van der Waals surface area contributed by atoms with Crippen molar-refractivity contribution in [3.63, 3.8) is 0 Å². The maximum absolute atomic E-state index is 11.6. The molecule has 0 fully saturated rings. The molecule has 166 valence electrons. The number of unbranched alkanes of at least 4 members (excludes halogenated alkanes) is 13. The van der Waals surface area contributed by atoms with Crippen LogP contribution < -0.4 is 0 Å². The van der Waals surface area contributed by atoms with Gasteiger partial charge < -0.3 is 10.2 Å². The van der Waals surface area contributed by atoms with E-state index in [9.17, 15) is 19.8 Å². The summed E-state index contributed by atoms with van der Waals surface area (Å²) in [6.07, 6.45) is 15.8. The Kier molecular flexibility index (Phi) is 17.2. The van der Waals surface area contributed by atoms with Gasteiger partial charge in [0.1, 0.15) is 0 Å². The van der Waals surface area contributed by atoms with Crippen LogP contribution in [0.4, 0.5) is 0 Å². The highest BCUT2D eigenvalue weighted by Gasteiger charge is 2.49. The molecule has 0 rings (SSSR count). The van der Waals surface area contributed by atoms with E-state index in [1.807, 2.05) is 0 Å². The predicted octanol–water partition coefficient (Wildman–Crippen LogP) is 6.12. The smallest absolute Gasteiger partial charge is 0.351 e. The highest BCUT2D eigenvalue weighted by molar-refractivity contribution is 6.01. The number of carboxylic acids is 2. The van der Waals surface area contributed by atoms with Crippen LogP contribution in [0, 0.1) is 0 Å². The van der Waals surface area contributed by atoms with Crippen LogP contribution in [0.3, 0.4) is 0 Å². The van der Waals surface area contributed by atoms with E-state index >= 15 is 0 Å². The standard InChI is InChI=1S/C22H42O6/c1-3-5-7-9-11-13-15-17-19-27-28-22(20(23)24,21(25)26)18-16-14-12-10-8-6-4-2/h3-19H2,1-2H3,(H,23,24)(H,25,26). The maximum Gasteiger partial charge on any atom is 0.351 e. The molecule has 0 aliphatic rings. The Labute approximate surface area is 170 Å². The third-order valence-corrected chi connectivity index (χ3v) is 5.11. The van der Waals surface area contributed by atoms with E-state index in [2.05, 4.69) is 13.8 Å². The molecule has 0 aromatic heterocycles. The summed E-state index contributed by atoms with van der Waals surface area (Å²) in [4.78, 5) is 33.1. The van der Waals surface area contributed by atoms with E-state index in [1.165, 1.54) is 44.9 Å². The second-order valence-corrected chi connectivity index (χ2v) is 7.69. The van der Waals surface area contributed by atoms with Gasteiger partial charge in [0.15, 0.2) is 0 Å². The summed E-state index contributed by atoms with van der Waals surface area (Å²) in [5.41, 5.74) is -2.30. The van der Waals surface area contributed by atoms with E-state index in [1.54, 1.807) is 0 Å². The quantitative estimate of drug-likeness (QED) is 0.104. The first-order chi connectivity index (χ1) is 13.5. The Morgan fingerprint density at radius 2 is 1.04 bits per heavy atom. The van der Waals surface area contributed by atoms with Crippen molar-refractivity contribution < 1.29 is 29.6 Å². The van der Waals surface area contributed by atoms with Crippen molar-refractivity contribution in [3.8, 4) is 0 Å². The van der Waals surface area contributed by atoms with Gasteiger partial charge >= 0.3 is 11.9 Å². The summed E-state index contributed by atoms with van der Waals surface area (Å²) in [5, 5.41) is 18.8. The molecule has 0 aromatic rings. The van der Waals surface area contributed by atoms with E-state index in [-0.39, 0.29) is 13.0 Å². The summed E-state index contributed by atoms with van der Waals surface area (Å²) in [6.45, 7) is 4.56. The molecule has 6 heteroatoms. The zero-order chi connectivity index (χ0) is 21.1. The highest BCUT2D eigenvalue weighted by Crippen LogP contribution is 2.23. The Morgan fingerprint density at radius 1 is 0.643 bits per heavy atom. The van der Waals surface area contributed by atoms with Crippen LogP contribution in [0.5, 0.6) is 0 Å². The monoisotopic (exact) mass is 402 g/mol. The maximum atomic E-state index is 11.6. The average molecular weight is 403 g/mol. The fourth-order valence-electron chi connectivity index (χ4n) is 3.19. The summed E-state index contributed by atoms with van der Waals surface area (Å²) in [5.74, 6) is -3.00. The second kappa shape index (κ2) is 17.9. The van der Waals surface area contributed by atoms with E-state index in [0.717, 1.165) is 44.9 Å². The van der Waals surface area contributed by atoms with Crippen LogP contribution >= 0.6 is 0 Å².